The minimum Gasteiger partial charge on any atom is -0.333 e. The maximum atomic E-state index is 10.1. The summed E-state index contributed by atoms with van der Waals surface area (Å²) in [6, 6.07) is 7.46. The lowest BCUT2D eigenvalue weighted by atomic mass is 10.2. The van der Waals surface area contributed by atoms with Gasteiger partial charge in [-0.25, -0.2) is 0 Å². The van der Waals surface area contributed by atoms with Crippen LogP contribution in [0.25, 0.3) is 0 Å². The molecule has 1 aromatic carbocycles. The van der Waals surface area contributed by atoms with Gasteiger partial charge >= 0.3 is 0 Å². The van der Waals surface area contributed by atoms with E-state index in [1.807, 2.05) is 51.8 Å². The van der Waals surface area contributed by atoms with Crippen molar-refractivity contribution < 1.29 is 9.59 Å². The van der Waals surface area contributed by atoms with Gasteiger partial charge in [0.25, 0.3) is 0 Å². The van der Waals surface area contributed by atoms with Crippen molar-refractivity contribution in [3.8, 4) is 0 Å². The zero-order chi connectivity index (χ0) is 17.1. The van der Waals surface area contributed by atoms with Gasteiger partial charge in [-0.2, -0.15) is 0 Å². The molecule has 0 saturated carbocycles. The Labute approximate surface area is 130 Å². The number of carbonyl (C=O) groups excluding carboxylic acids is 2. The zero-order valence-corrected chi connectivity index (χ0v) is 14.3. The third kappa shape index (κ3) is 16.4. The first-order valence-electron chi connectivity index (χ1n) is 7.29. The van der Waals surface area contributed by atoms with Crippen molar-refractivity contribution in [2.24, 2.45) is 5.73 Å². The fourth-order valence-electron chi connectivity index (χ4n) is 1.52. The average Bonchev–Trinajstić information content (AvgIpc) is 3.06. The van der Waals surface area contributed by atoms with E-state index in [0.717, 1.165) is 11.8 Å². The molecular formula is C17H32N2O2. The molecular weight excluding hydrogens is 264 g/mol. The van der Waals surface area contributed by atoms with Gasteiger partial charge in [0.15, 0.2) is 0 Å². The third-order valence-electron chi connectivity index (χ3n) is 2.54. The van der Waals surface area contributed by atoms with Crippen LogP contribution >= 0.6 is 0 Å². The lowest BCUT2D eigenvalue weighted by Gasteiger charge is -2.01. The number of carbonyl (C=O) groups is 2. The smallest absolute Gasteiger partial charge is 0.150 e. The van der Waals surface area contributed by atoms with Crippen LogP contribution in [-0.4, -0.2) is 45.2 Å². The molecule has 4 nitrogen and oxygen atoms in total. The molecule has 1 fully saturated rings. The van der Waals surface area contributed by atoms with E-state index in [1.54, 1.807) is 0 Å². The fourth-order valence-corrected chi connectivity index (χ4v) is 1.52. The van der Waals surface area contributed by atoms with E-state index in [9.17, 15) is 4.79 Å². The Morgan fingerprint density at radius 3 is 1.67 bits per heavy atom. The number of hydrogen-bond donors (Lipinski definition) is 1. The normalized spacial score (nSPS) is 11.9. The van der Waals surface area contributed by atoms with E-state index in [4.69, 9.17) is 4.79 Å². The number of likely N-dealkylation sites (tertiary alicyclic amines) is 1. The van der Waals surface area contributed by atoms with Crippen LogP contribution in [0.15, 0.2) is 24.3 Å². The Hall–Kier alpha value is -1.52. The van der Waals surface area contributed by atoms with E-state index in [0.29, 0.717) is 0 Å². The summed E-state index contributed by atoms with van der Waals surface area (Å²) >= 11 is 0. The summed E-state index contributed by atoms with van der Waals surface area (Å²) in [4.78, 5) is 20.5. The lowest BCUT2D eigenvalue weighted by Crippen LogP contribution is -2.10. The summed E-state index contributed by atoms with van der Waals surface area (Å²) in [6.45, 7) is 10.6. The first-order chi connectivity index (χ1) is 10.2. The molecule has 2 N–H and O–H groups in total. The number of hydrogen-bond acceptors (Lipinski definition) is 4. The molecule has 0 unspecified atom stereocenters. The molecule has 1 heterocycles. The number of rotatable bonds is 1. The van der Waals surface area contributed by atoms with Crippen LogP contribution in [0, 0.1) is 6.92 Å². The van der Waals surface area contributed by atoms with Gasteiger partial charge in [-0.3, -0.25) is 4.79 Å². The number of aryl methyl sites for hydroxylation is 1. The van der Waals surface area contributed by atoms with Crippen molar-refractivity contribution in [3.63, 3.8) is 0 Å². The van der Waals surface area contributed by atoms with Gasteiger partial charge in [0.2, 0.25) is 0 Å². The van der Waals surface area contributed by atoms with Crippen LogP contribution in [0.3, 0.4) is 0 Å². The number of aldehydes is 1. The predicted molar refractivity (Wildman–Crippen MR) is 91.9 cm³/mol. The summed E-state index contributed by atoms with van der Waals surface area (Å²) in [5.41, 5.74) is 6.42. The largest absolute Gasteiger partial charge is 0.333 e. The maximum Gasteiger partial charge on any atom is 0.150 e. The molecule has 2 rings (SSSR count). The number of nitrogens with zero attached hydrogens (tertiary/aromatic N) is 1. The van der Waals surface area contributed by atoms with Crippen LogP contribution in [0.2, 0.25) is 0 Å². The Bertz CT molecular complexity index is 307. The topological polar surface area (TPSA) is 63.4 Å². The first-order valence-corrected chi connectivity index (χ1v) is 7.29. The van der Waals surface area contributed by atoms with Crippen LogP contribution in [0.1, 0.15) is 42.6 Å². The Kier molecular flexibility index (Phi) is 24.3. The van der Waals surface area contributed by atoms with E-state index < -0.39 is 0 Å². The summed E-state index contributed by atoms with van der Waals surface area (Å²) in [7, 11) is 3.67. The molecule has 0 radical (unpaired) electrons. The molecule has 0 bridgehead atoms. The van der Waals surface area contributed by atoms with Crippen molar-refractivity contribution in [2.45, 2.75) is 33.6 Å². The van der Waals surface area contributed by atoms with Gasteiger partial charge in [-0.05, 0) is 47.0 Å². The van der Waals surface area contributed by atoms with Crippen molar-refractivity contribution in [2.75, 3.05) is 27.2 Å². The average molecular weight is 296 g/mol. The Morgan fingerprint density at radius 2 is 1.43 bits per heavy atom. The first kappa shape index (κ1) is 24.5. The maximum absolute atomic E-state index is 10.1. The molecule has 0 aromatic heterocycles. The van der Waals surface area contributed by atoms with Crippen LogP contribution < -0.4 is 5.73 Å². The van der Waals surface area contributed by atoms with Crippen molar-refractivity contribution in [3.05, 3.63) is 35.4 Å². The van der Waals surface area contributed by atoms with Crippen molar-refractivity contribution in [1.29, 1.82) is 0 Å². The third-order valence-corrected chi connectivity index (χ3v) is 2.54. The van der Waals surface area contributed by atoms with Gasteiger partial charge in [-0.1, -0.05) is 43.7 Å². The standard InChI is InChI=1S/C8H8O.C5H11N.C2H6.CH5N.CH2O/c1-7-2-4-8(6-9)5-3-7;1-6-4-2-3-5-6;3*1-2/h2-6H,1H3;2-5H2,1H3;1-2H3;2H2,1H3;1H2. The van der Waals surface area contributed by atoms with Gasteiger partial charge in [0.1, 0.15) is 13.1 Å². The van der Waals surface area contributed by atoms with Crippen LogP contribution in [0.5, 0.6) is 0 Å². The highest BCUT2D eigenvalue weighted by Crippen LogP contribution is 2.02. The second kappa shape index (κ2) is 20.8. The second-order valence-electron chi connectivity index (χ2n) is 4.04. The second-order valence-corrected chi connectivity index (χ2v) is 4.04. The van der Waals surface area contributed by atoms with Gasteiger partial charge < -0.3 is 15.4 Å². The summed E-state index contributed by atoms with van der Waals surface area (Å²) in [5, 5.41) is 0. The minimum atomic E-state index is 0.737. The van der Waals surface area contributed by atoms with Crippen LogP contribution in [-0.2, 0) is 4.79 Å². The molecule has 0 aliphatic carbocycles. The van der Waals surface area contributed by atoms with E-state index in [2.05, 4.69) is 17.7 Å². The van der Waals surface area contributed by atoms with Crippen molar-refractivity contribution in [1.82, 2.24) is 4.90 Å². The van der Waals surface area contributed by atoms with Gasteiger partial charge in [0, 0.05) is 5.56 Å². The highest BCUT2D eigenvalue weighted by Gasteiger charge is 2.03. The highest BCUT2D eigenvalue weighted by atomic mass is 16.1. The molecule has 0 atom stereocenters. The predicted octanol–water partition coefficient (Wildman–Crippen LogP) is 2.94. The molecule has 0 spiro atoms. The summed E-state index contributed by atoms with van der Waals surface area (Å²) in [5.74, 6) is 0. The summed E-state index contributed by atoms with van der Waals surface area (Å²) in [6.07, 6.45) is 3.67. The van der Waals surface area contributed by atoms with E-state index in [-0.39, 0.29) is 0 Å². The molecule has 1 aliphatic rings. The highest BCUT2D eigenvalue weighted by molar-refractivity contribution is 5.74. The van der Waals surface area contributed by atoms with Gasteiger partial charge in [0.05, 0.1) is 0 Å². The molecule has 4 heteroatoms. The monoisotopic (exact) mass is 296 g/mol. The Morgan fingerprint density at radius 1 is 1.05 bits per heavy atom. The summed E-state index contributed by atoms with van der Waals surface area (Å²) < 4.78 is 0. The van der Waals surface area contributed by atoms with E-state index in [1.165, 1.54) is 38.5 Å². The number of benzene rings is 1. The molecule has 122 valence electrons. The molecule has 1 aromatic rings. The Balaban J connectivity index is -0.000000235. The lowest BCUT2D eigenvalue weighted by molar-refractivity contribution is -0.0979. The fraction of sp³-hybridized carbons (Fsp3) is 0.529. The number of nitrogens with two attached hydrogens (primary N) is 1. The van der Waals surface area contributed by atoms with Crippen LogP contribution in [0.4, 0.5) is 0 Å². The molecule has 1 aliphatic heterocycles. The van der Waals surface area contributed by atoms with Crippen molar-refractivity contribution >= 4 is 13.1 Å². The molecule has 0 amide bonds. The van der Waals surface area contributed by atoms with Gasteiger partial charge in [-0.15, -0.1) is 0 Å². The molecule has 1 saturated heterocycles. The molecule has 21 heavy (non-hydrogen) atoms. The SMILES string of the molecule is C=O.CC.CN.CN1CCCC1.Cc1ccc(C=O)cc1. The van der Waals surface area contributed by atoms with E-state index >= 15 is 0 Å². The minimum absolute atomic E-state index is 0.737. The quantitative estimate of drug-likeness (QED) is 0.809. The zero-order valence-electron chi connectivity index (χ0n) is 14.3.